The minimum absolute atomic E-state index is 0.0164. The lowest BCUT2D eigenvalue weighted by Crippen LogP contribution is -2.08. The van der Waals surface area contributed by atoms with Gasteiger partial charge in [-0.05, 0) is 12.1 Å². The molecule has 0 aromatic heterocycles. The van der Waals surface area contributed by atoms with Crippen molar-refractivity contribution in [3.8, 4) is 17.8 Å². The second kappa shape index (κ2) is 8.41. The zero-order valence-electron chi connectivity index (χ0n) is 11.6. The zero-order chi connectivity index (χ0) is 16.6. The Balaban J connectivity index is 3.03. The van der Waals surface area contributed by atoms with Gasteiger partial charge in [0.15, 0.2) is 0 Å². The fourth-order valence-electron chi connectivity index (χ4n) is 1.48. The number of nitrogens with one attached hydrogen (secondary N) is 1. The van der Waals surface area contributed by atoms with Crippen LogP contribution in [0.2, 0.25) is 0 Å². The summed E-state index contributed by atoms with van der Waals surface area (Å²) < 4.78 is 22.2. The van der Waals surface area contributed by atoms with E-state index in [1.807, 2.05) is 5.66 Å². The maximum atomic E-state index is 12.2. The van der Waals surface area contributed by atoms with Gasteiger partial charge < -0.3 is 29.7 Å². The number of aliphatic hydroxyl groups excluding tert-OH is 2. The fraction of sp³-hybridized carbons (Fsp3) is 0.308. The molecule has 0 aliphatic heterocycles. The van der Waals surface area contributed by atoms with E-state index in [-0.39, 0.29) is 43.4 Å². The molecule has 4 N–H and O–H groups in total. The Morgan fingerprint density at radius 1 is 1.32 bits per heavy atom. The van der Waals surface area contributed by atoms with Crippen molar-refractivity contribution >= 4 is 19.2 Å². The van der Waals surface area contributed by atoms with Gasteiger partial charge in [-0.3, -0.25) is 4.57 Å². The van der Waals surface area contributed by atoms with Crippen molar-refractivity contribution in [2.24, 2.45) is 0 Å². The summed E-state index contributed by atoms with van der Waals surface area (Å²) in [6, 6.07) is 3.87. The first-order valence-electron chi connectivity index (χ1n) is 6.18. The number of ether oxygens (including phenoxy) is 1. The number of aliphatic hydroxyl groups is 2. The predicted molar refractivity (Wildman–Crippen MR) is 79.1 cm³/mol. The van der Waals surface area contributed by atoms with Gasteiger partial charge in [-0.25, -0.2) is 4.79 Å². The highest BCUT2D eigenvalue weighted by Crippen LogP contribution is 2.45. The SMILES string of the molecule is C#CP(=O)(Nc1ccc(C(=O)O)c(OCCO)c1)OCCO. The average molecular weight is 329 g/mol. The number of carboxylic acid groups (broad SMARTS) is 1. The van der Waals surface area contributed by atoms with Gasteiger partial charge in [-0.2, -0.15) is 0 Å². The molecule has 8 nitrogen and oxygen atoms in total. The molecule has 1 aromatic carbocycles. The van der Waals surface area contributed by atoms with Crippen molar-refractivity contribution < 1.29 is 33.9 Å². The quantitative estimate of drug-likeness (QED) is 0.390. The molecule has 22 heavy (non-hydrogen) atoms. The zero-order valence-corrected chi connectivity index (χ0v) is 12.5. The number of benzene rings is 1. The normalized spacial score (nSPS) is 13.0. The van der Waals surface area contributed by atoms with Crippen molar-refractivity contribution in [1.29, 1.82) is 0 Å². The third-order valence-electron chi connectivity index (χ3n) is 2.37. The van der Waals surface area contributed by atoms with Crippen LogP contribution in [0, 0.1) is 12.1 Å². The highest BCUT2D eigenvalue weighted by atomic mass is 31.2. The molecular formula is C13H16NO7P. The number of carbonyl (C=O) groups is 1. The Hall–Kier alpha value is -2.04. The van der Waals surface area contributed by atoms with E-state index < -0.39 is 13.5 Å². The average Bonchev–Trinajstić information content (AvgIpc) is 2.50. The van der Waals surface area contributed by atoms with Gasteiger partial charge >= 0.3 is 13.5 Å². The maximum absolute atomic E-state index is 12.2. The van der Waals surface area contributed by atoms with Crippen LogP contribution in [-0.2, 0) is 9.09 Å². The van der Waals surface area contributed by atoms with E-state index in [1.54, 1.807) is 0 Å². The summed E-state index contributed by atoms with van der Waals surface area (Å²) in [5.41, 5.74) is 2.08. The molecule has 0 saturated heterocycles. The first-order chi connectivity index (χ1) is 10.5. The molecule has 0 spiro atoms. The van der Waals surface area contributed by atoms with Gasteiger partial charge in [0, 0.05) is 17.4 Å². The summed E-state index contributed by atoms with van der Waals surface area (Å²) in [5, 5.41) is 28.9. The van der Waals surface area contributed by atoms with Crippen LogP contribution >= 0.6 is 7.52 Å². The number of terminal acetylenes is 1. The number of rotatable bonds is 9. The van der Waals surface area contributed by atoms with Crippen molar-refractivity contribution in [3.63, 3.8) is 0 Å². The lowest BCUT2D eigenvalue weighted by molar-refractivity contribution is 0.0691. The smallest absolute Gasteiger partial charge is 0.367 e. The van der Waals surface area contributed by atoms with E-state index in [1.165, 1.54) is 18.2 Å². The lowest BCUT2D eigenvalue weighted by atomic mass is 10.2. The Morgan fingerprint density at radius 3 is 2.55 bits per heavy atom. The molecule has 0 fully saturated rings. The van der Waals surface area contributed by atoms with Crippen molar-refractivity contribution in [3.05, 3.63) is 23.8 Å². The number of hydrogen-bond donors (Lipinski definition) is 4. The largest absolute Gasteiger partial charge is 0.490 e. The van der Waals surface area contributed by atoms with Crippen LogP contribution in [0.4, 0.5) is 5.69 Å². The van der Waals surface area contributed by atoms with E-state index in [0.29, 0.717) is 0 Å². The maximum Gasteiger partial charge on any atom is 0.367 e. The van der Waals surface area contributed by atoms with E-state index in [0.717, 1.165) is 0 Å². The van der Waals surface area contributed by atoms with Crippen LogP contribution in [-0.4, -0.2) is 47.7 Å². The first-order valence-corrected chi connectivity index (χ1v) is 7.81. The summed E-state index contributed by atoms with van der Waals surface area (Å²) >= 11 is 0. The topological polar surface area (TPSA) is 125 Å². The molecule has 1 aromatic rings. The van der Waals surface area contributed by atoms with Gasteiger partial charge in [-0.1, -0.05) is 0 Å². The summed E-state index contributed by atoms with van der Waals surface area (Å²) in [6.07, 6.45) is 5.15. The third-order valence-corrected chi connectivity index (χ3v) is 3.81. The van der Waals surface area contributed by atoms with Crippen LogP contribution in [0.1, 0.15) is 10.4 Å². The first kappa shape index (κ1) is 18.0. The Morgan fingerprint density at radius 2 is 2.00 bits per heavy atom. The van der Waals surface area contributed by atoms with Gasteiger partial charge in [0.2, 0.25) is 0 Å². The molecule has 1 atom stereocenters. The molecule has 0 heterocycles. The molecule has 0 aliphatic rings. The molecule has 1 unspecified atom stereocenters. The van der Waals surface area contributed by atoms with Crippen molar-refractivity contribution in [2.45, 2.75) is 0 Å². The molecule has 9 heteroatoms. The molecule has 0 radical (unpaired) electrons. The van der Waals surface area contributed by atoms with Gasteiger partial charge in [-0.15, -0.1) is 6.42 Å². The number of carboxylic acids is 1. The molecule has 0 bridgehead atoms. The monoisotopic (exact) mass is 329 g/mol. The Bertz CT molecular complexity index is 611. The lowest BCUT2D eigenvalue weighted by Gasteiger charge is -2.16. The molecule has 0 saturated carbocycles. The van der Waals surface area contributed by atoms with E-state index in [4.69, 9.17) is 31.0 Å². The van der Waals surface area contributed by atoms with Crippen LogP contribution < -0.4 is 9.82 Å². The van der Waals surface area contributed by atoms with Crippen molar-refractivity contribution in [1.82, 2.24) is 0 Å². The second-order valence-corrected chi connectivity index (χ2v) is 5.78. The summed E-state index contributed by atoms with van der Waals surface area (Å²) in [6.45, 7) is -0.956. The van der Waals surface area contributed by atoms with Crippen LogP contribution in [0.15, 0.2) is 18.2 Å². The number of hydrogen-bond acceptors (Lipinski definition) is 6. The molecule has 1 rings (SSSR count). The Kier molecular flexibility index (Phi) is 6.89. The van der Waals surface area contributed by atoms with E-state index in [2.05, 4.69) is 5.09 Å². The Labute approximate surface area is 127 Å². The molecule has 0 aliphatic carbocycles. The molecular weight excluding hydrogens is 313 g/mol. The van der Waals surface area contributed by atoms with Crippen LogP contribution in [0.5, 0.6) is 5.75 Å². The number of aromatic carboxylic acids is 1. The second-order valence-electron chi connectivity index (χ2n) is 3.94. The number of anilines is 1. The fourth-order valence-corrected chi connectivity index (χ4v) is 2.51. The third kappa shape index (κ3) is 5.06. The highest BCUT2D eigenvalue weighted by molar-refractivity contribution is 7.65. The van der Waals surface area contributed by atoms with Gasteiger partial charge in [0.1, 0.15) is 17.9 Å². The minimum atomic E-state index is -3.66. The summed E-state index contributed by atoms with van der Waals surface area (Å²) in [5.74, 6) is -1.23. The minimum Gasteiger partial charge on any atom is -0.490 e. The van der Waals surface area contributed by atoms with E-state index in [9.17, 15) is 9.36 Å². The predicted octanol–water partition coefficient (Wildman–Crippen LogP) is 0.960. The summed E-state index contributed by atoms with van der Waals surface area (Å²) in [7, 11) is -3.66. The standard InChI is InChI=1S/C13H16NO7P/c1-2-22(19,21-8-6-16)14-10-3-4-11(13(17)18)12(9-10)20-7-5-15/h1,3-4,9,15-16H,5-8H2,(H,14,19)(H,17,18). The van der Waals surface area contributed by atoms with Crippen LogP contribution in [0.3, 0.4) is 0 Å². The van der Waals surface area contributed by atoms with Crippen molar-refractivity contribution in [2.75, 3.05) is 31.5 Å². The highest BCUT2D eigenvalue weighted by Gasteiger charge is 2.21. The molecule has 0 amide bonds. The molecule has 120 valence electrons. The van der Waals surface area contributed by atoms with Crippen LogP contribution in [0.25, 0.3) is 0 Å². The summed E-state index contributed by atoms with van der Waals surface area (Å²) in [4.78, 5) is 11.1. The van der Waals surface area contributed by atoms with Gasteiger partial charge in [0.05, 0.1) is 19.8 Å². The van der Waals surface area contributed by atoms with E-state index >= 15 is 0 Å². The van der Waals surface area contributed by atoms with Gasteiger partial charge in [0.25, 0.3) is 0 Å².